The van der Waals surface area contributed by atoms with Crippen LogP contribution in [0.3, 0.4) is 0 Å². The number of piperidine rings is 1. The zero-order valence-corrected chi connectivity index (χ0v) is 20.4. The first kappa shape index (κ1) is 21.9. The number of aryl methyl sites for hydroxylation is 1. The summed E-state index contributed by atoms with van der Waals surface area (Å²) in [6.07, 6.45) is 6.17. The second-order valence-electron chi connectivity index (χ2n) is 9.90. The number of thiophene rings is 1. The number of benzene rings is 2. The number of rotatable bonds is 6. The van der Waals surface area contributed by atoms with Gasteiger partial charge in [-0.3, -0.25) is 4.79 Å². The lowest BCUT2D eigenvalue weighted by Crippen LogP contribution is -2.43. The molecule has 34 heavy (non-hydrogen) atoms. The van der Waals surface area contributed by atoms with Crippen LogP contribution < -0.4 is 9.47 Å². The van der Waals surface area contributed by atoms with Crippen molar-refractivity contribution in [3.05, 3.63) is 58.5 Å². The first-order valence-corrected chi connectivity index (χ1v) is 13.4. The van der Waals surface area contributed by atoms with E-state index in [4.69, 9.17) is 9.47 Å². The molecule has 0 N–H and O–H groups in total. The predicted molar refractivity (Wildman–Crippen MR) is 136 cm³/mol. The minimum absolute atomic E-state index is 0.250. The molecule has 6 rings (SSSR count). The van der Waals surface area contributed by atoms with E-state index in [-0.39, 0.29) is 12.7 Å². The second-order valence-corrected chi connectivity index (χ2v) is 11.1. The third-order valence-electron chi connectivity index (χ3n) is 7.50. The van der Waals surface area contributed by atoms with Crippen LogP contribution in [-0.2, 0) is 24.1 Å². The van der Waals surface area contributed by atoms with Crippen molar-refractivity contribution in [1.82, 2.24) is 9.80 Å². The monoisotopic (exact) mass is 476 g/mol. The van der Waals surface area contributed by atoms with E-state index < -0.39 is 0 Å². The number of fused-ring (bicyclic) bond motifs is 3. The summed E-state index contributed by atoms with van der Waals surface area (Å²) in [5.41, 5.74) is 2.33. The van der Waals surface area contributed by atoms with Gasteiger partial charge in [-0.25, -0.2) is 0 Å². The van der Waals surface area contributed by atoms with E-state index in [9.17, 15) is 4.79 Å². The van der Waals surface area contributed by atoms with Crippen LogP contribution in [-0.4, -0.2) is 55.2 Å². The Balaban J connectivity index is 1.01. The Morgan fingerprint density at radius 1 is 1.03 bits per heavy atom. The summed E-state index contributed by atoms with van der Waals surface area (Å²) in [7, 11) is 0. The van der Waals surface area contributed by atoms with Gasteiger partial charge in [0.1, 0.15) is 0 Å². The van der Waals surface area contributed by atoms with E-state index in [2.05, 4.69) is 46.2 Å². The van der Waals surface area contributed by atoms with Gasteiger partial charge in [0.2, 0.25) is 12.7 Å². The van der Waals surface area contributed by atoms with Crippen molar-refractivity contribution in [3.63, 3.8) is 0 Å². The molecule has 4 heterocycles. The maximum atomic E-state index is 13.1. The Hall–Kier alpha value is -2.57. The summed E-state index contributed by atoms with van der Waals surface area (Å²) in [5, 5.41) is 1.37. The highest BCUT2D eigenvalue weighted by molar-refractivity contribution is 7.19. The molecule has 0 spiro atoms. The molecule has 3 aliphatic rings. The highest BCUT2D eigenvalue weighted by atomic mass is 32.1. The van der Waals surface area contributed by atoms with Gasteiger partial charge in [-0.1, -0.05) is 18.2 Å². The Kier molecular flexibility index (Phi) is 6.18. The summed E-state index contributed by atoms with van der Waals surface area (Å²) < 4.78 is 12.5. The van der Waals surface area contributed by atoms with E-state index >= 15 is 0 Å². The van der Waals surface area contributed by atoms with Gasteiger partial charge in [0.05, 0.1) is 6.42 Å². The zero-order chi connectivity index (χ0) is 22.9. The Labute approximate surface area is 205 Å². The topological polar surface area (TPSA) is 42.0 Å². The SMILES string of the molecule is O=C1Cc2cc3c(cc2CCN1CC1CCCN(CCCc2cc4ccccc4s2)C1)OCO3. The maximum absolute atomic E-state index is 13.1. The normalized spacial score (nSPS) is 20.5. The maximum Gasteiger partial charge on any atom is 0.231 e. The number of carbonyl (C=O) groups excluding carboxylic acids is 1. The first-order valence-electron chi connectivity index (χ1n) is 12.6. The van der Waals surface area contributed by atoms with Gasteiger partial charge >= 0.3 is 0 Å². The third-order valence-corrected chi connectivity index (χ3v) is 8.67. The van der Waals surface area contributed by atoms with Crippen molar-refractivity contribution in [2.24, 2.45) is 5.92 Å². The van der Waals surface area contributed by atoms with Gasteiger partial charge in [0.25, 0.3) is 0 Å². The molecule has 1 unspecified atom stereocenters. The number of carbonyl (C=O) groups is 1. The fourth-order valence-corrected chi connectivity index (χ4v) is 6.83. The molecule has 0 saturated carbocycles. The number of likely N-dealkylation sites (tertiary alicyclic amines) is 1. The fourth-order valence-electron chi connectivity index (χ4n) is 5.72. The van der Waals surface area contributed by atoms with Crippen LogP contribution in [0, 0.1) is 5.92 Å². The molecular weight excluding hydrogens is 444 g/mol. The largest absolute Gasteiger partial charge is 0.454 e. The van der Waals surface area contributed by atoms with E-state index in [1.165, 1.54) is 46.3 Å². The molecule has 178 valence electrons. The van der Waals surface area contributed by atoms with Crippen molar-refractivity contribution in [2.45, 2.75) is 38.5 Å². The molecule has 5 nitrogen and oxygen atoms in total. The molecule has 1 fully saturated rings. The molecule has 3 aromatic rings. The molecular formula is C28H32N2O3S. The average molecular weight is 477 g/mol. The van der Waals surface area contributed by atoms with Gasteiger partial charge in [-0.15, -0.1) is 11.3 Å². The standard InChI is InChI=1S/C28H32N2O3S/c31-28-16-23-15-26-25(32-19-33-26)14-21(23)9-12-30(28)18-20-5-3-10-29(17-20)11-4-7-24-13-22-6-1-2-8-27(22)34-24/h1-2,6,8,13-15,20H,3-5,7,9-12,16-19H2. The molecule has 1 aromatic heterocycles. The van der Waals surface area contributed by atoms with Crippen LogP contribution in [0.5, 0.6) is 11.5 Å². The molecule has 1 saturated heterocycles. The summed E-state index contributed by atoms with van der Waals surface area (Å²) in [4.78, 5) is 19.3. The average Bonchev–Trinajstić information content (AvgIpc) is 3.44. The van der Waals surface area contributed by atoms with Crippen molar-refractivity contribution in [1.29, 1.82) is 0 Å². The van der Waals surface area contributed by atoms with Crippen LogP contribution in [0.2, 0.25) is 0 Å². The van der Waals surface area contributed by atoms with Crippen LogP contribution in [0.4, 0.5) is 0 Å². The molecule has 2 aromatic carbocycles. The minimum Gasteiger partial charge on any atom is -0.454 e. The number of nitrogens with zero attached hydrogens (tertiary/aromatic N) is 2. The van der Waals surface area contributed by atoms with Crippen LogP contribution in [0.1, 0.15) is 35.3 Å². The Morgan fingerprint density at radius 2 is 1.88 bits per heavy atom. The van der Waals surface area contributed by atoms with E-state index in [0.29, 0.717) is 12.3 Å². The summed E-state index contributed by atoms with van der Waals surface area (Å²) in [6, 6.07) is 15.1. The molecule has 0 radical (unpaired) electrons. The first-order chi connectivity index (χ1) is 16.7. The molecule has 0 aliphatic carbocycles. The lowest BCUT2D eigenvalue weighted by Gasteiger charge is -2.35. The summed E-state index contributed by atoms with van der Waals surface area (Å²) in [5.74, 6) is 2.41. The smallest absolute Gasteiger partial charge is 0.231 e. The zero-order valence-electron chi connectivity index (χ0n) is 19.6. The quantitative estimate of drug-likeness (QED) is 0.507. The number of ether oxygens (including phenoxy) is 2. The lowest BCUT2D eigenvalue weighted by atomic mass is 9.97. The molecule has 1 atom stereocenters. The van der Waals surface area contributed by atoms with Crippen LogP contribution in [0.25, 0.3) is 10.1 Å². The van der Waals surface area contributed by atoms with Crippen molar-refractivity contribution < 1.29 is 14.3 Å². The van der Waals surface area contributed by atoms with Gasteiger partial charge in [-0.05, 0) is 91.9 Å². The van der Waals surface area contributed by atoms with Gasteiger partial charge in [0.15, 0.2) is 11.5 Å². The van der Waals surface area contributed by atoms with Crippen molar-refractivity contribution in [2.75, 3.05) is 39.5 Å². The summed E-state index contributed by atoms with van der Waals surface area (Å²) in [6.45, 7) is 5.41. The van der Waals surface area contributed by atoms with Crippen LogP contribution in [0.15, 0.2) is 42.5 Å². The lowest BCUT2D eigenvalue weighted by molar-refractivity contribution is -0.131. The Morgan fingerprint density at radius 3 is 2.76 bits per heavy atom. The molecule has 1 amide bonds. The Bertz CT molecular complexity index is 1160. The van der Waals surface area contributed by atoms with Crippen molar-refractivity contribution >= 4 is 27.3 Å². The highest BCUT2D eigenvalue weighted by Gasteiger charge is 2.28. The fraction of sp³-hybridized carbons (Fsp3) is 0.464. The second kappa shape index (κ2) is 9.59. The molecule has 0 bridgehead atoms. The highest BCUT2D eigenvalue weighted by Crippen LogP contribution is 2.36. The summed E-state index contributed by atoms with van der Waals surface area (Å²) >= 11 is 1.93. The molecule has 3 aliphatic heterocycles. The van der Waals surface area contributed by atoms with E-state index in [1.807, 2.05) is 17.4 Å². The molecule has 6 heteroatoms. The van der Waals surface area contributed by atoms with Gasteiger partial charge in [0, 0.05) is 29.2 Å². The van der Waals surface area contributed by atoms with Crippen LogP contribution >= 0.6 is 11.3 Å². The third kappa shape index (κ3) is 4.66. The van der Waals surface area contributed by atoms with Gasteiger partial charge < -0.3 is 19.3 Å². The number of hydrogen-bond donors (Lipinski definition) is 0. The minimum atomic E-state index is 0.250. The van der Waals surface area contributed by atoms with E-state index in [0.717, 1.165) is 56.1 Å². The predicted octanol–water partition coefficient (Wildman–Crippen LogP) is 4.90. The van der Waals surface area contributed by atoms with Crippen molar-refractivity contribution in [3.8, 4) is 11.5 Å². The number of hydrogen-bond acceptors (Lipinski definition) is 5. The van der Waals surface area contributed by atoms with E-state index in [1.54, 1.807) is 0 Å². The number of amides is 1. The van der Waals surface area contributed by atoms with Gasteiger partial charge in [-0.2, -0.15) is 0 Å².